The average molecular weight is 394 g/mol. The Balaban J connectivity index is 2.16. The monoisotopic (exact) mass is 392 g/mol. The lowest BCUT2D eigenvalue weighted by Crippen LogP contribution is -2.29. The lowest BCUT2D eigenvalue weighted by atomic mass is 10.0. The van der Waals surface area contributed by atoms with Gasteiger partial charge in [-0.25, -0.2) is 0 Å². The molecule has 2 aromatic heterocycles. The van der Waals surface area contributed by atoms with Crippen molar-refractivity contribution in [3.8, 4) is 0 Å². The fourth-order valence-electron chi connectivity index (χ4n) is 1.77. The summed E-state index contributed by atoms with van der Waals surface area (Å²) in [6, 6.07) is 2.17. The Bertz CT molecular complexity index is 523. The highest BCUT2D eigenvalue weighted by Crippen LogP contribution is 2.36. The molecular formula is C11H14Br2N4S. The molecule has 0 aliphatic heterocycles. The largest absolute Gasteiger partial charge is 0.273 e. The smallest absolute Gasteiger partial charge is 0.0758 e. The van der Waals surface area contributed by atoms with Gasteiger partial charge in [0, 0.05) is 12.7 Å². The first kappa shape index (κ1) is 14.2. The molecule has 4 nitrogen and oxygen atoms in total. The van der Waals surface area contributed by atoms with E-state index < -0.39 is 0 Å². The fourth-order valence-corrected chi connectivity index (χ4v) is 4.74. The zero-order valence-electron chi connectivity index (χ0n) is 9.86. The third-order valence-electron chi connectivity index (χ3n) is 2.71. The summed E-state index contributed by atoms with van der Waals surface area (Å²) in [4.78, 5) is 0. The zero-order chi connectivity index (χ0) is 13.1. The molecule has 0 aromatic carbocycles. The van der Waals surface area contributed by atoms with Gasteiger partial charge in [-0.2, -0.15) is 5.10 Å². The molecule has 2 heterocycles. The number of hydrogen-bond acceptors (Lipinski definition) is 4. The average Bonchev–Trinajstić information content (AvgIpc) is 2.92. The standard InChI is InChI=1S/C11H14Br2N4S/c1-2-17-6-7(5-15-17)3-9(16-14)8-4-10(12)18-11(8)13/h4-6,9,16H,2-3,14H2,1H3. The molecule has 1 unspecified atom stereocenters. The SMILES string of the molecule is CCn1cc(CC(NN)c2cc(Br)sc2Br)cn1. The molecule has 7 heteroatoms. The molecule has 2 rings (SSSR count). The molecule has 0 radical (unpaired) electrons. The number of aryl methyl sites for hydroxylation is 1. The van der Waals surface area contributed by atoms with Crippen LogP contribution < -0.4 is 11.3 Å². The molecule has 98 valence electrons. The maximum Gasteiger partial charge on any atom is 0.0758 e. The van der Waals surface area contributed by atoms with Gasteiger partial charge in [0.25, 0.3) is 0 Å². The van der Waals surface area contributed by atoms with Crippen LogP contribution in [-0.2, 0) is 13.0 Å². The molecule has 2 aromatic rings. The van der Waals surface area contributed by atoms with Crippen molar-refractivity contribution in [3.05, 3.63) is 37.2 Å². The van der Waals surface area contributed by atoms with Gasteiger partial charge in [-0.3, -0.25) is 16.0 Å². The molecule has 0 fully saturated rings. The summed E-state index contributed by atoms with van der Waals surface area (Å²) in [6.45, 7) is 2.95. The number of nitrogens with zero attached hydrogens (tertiary/aromatic N) is 2. The molecule has 0 spiro atoms. The van der Waals surface area contributed by atoms with E-state index in [1.165, 1.54) is 11.1 Å². The molecule has 0 bridgehead atoms. The predicted octanol–water partition coefficient (Wildman–Crippen LogP) is 3.24. The molecule has 0 aliphatic rings. The van der Waals surface area contributed by atoms with Gasteiger partial charge in [0.15, 0.2) is 0 Å². The van der Waals surface area contributed by atoms with Crippen molar-refractivity contribution >= 4 is 43.2 Å². The Morgan fingerprint density at radius 2 is 2.33 bits per heavy atom. The van der Waals surface area contributed by atoms with Gasteiger partial charge < -0.3 is 0 Å². The number of aromatic nitrogens is 2. The molecule has 0 saturated heterocycles. The van der Waals surface area contributed by atoms with Crippen LogP contribution in [0.15, 0.2) is 26.0 Å². The molecule has 0 amide bonds. The van der Waals surface area contributed by atoms with E-state index in [-0.39, 0.29) is 6.04 Å². The molecule has 18 heavy (non-hydrogen) atoms. The van der Waals surface area contributed by atoms with Crippen LogP contribution in [0, 0.1) is 0 Å². The van der Waals surface area contributed by atoms with Crippen molar-refractivity contribution in [2.45, 2.75) is 25.9 Å². The molecule has 3 N–H and O–H groups in total. The summed E-state index contributed by atoms with van der Waals surface area (Å²) >= 11 is 8.70. The number of hydrazine groups is 1. The van der Waals surface area contributed by atoms with Gasteiger partial charge in [0.2, 0.25) is 0 Å². The third-order valence-corrected chi connectivity index (χ3v) is 5.10. The Morgan fingerprint density at radius 3 is 2.83 bits per heavy atom. The highest BCUT2D eigenvalue weighted by Gasteiger charge is 2.17. The van der Waals surface area contributed by atoms with Crippen molar-refractivity contribution in [2.75, 3.05) is 0 Å². The van der Waals surface area contributed by atoms with Crippen LogP contribution in [-0.4, -0.2) is 9.78 Å². The second-order valence-electron chi connectivity index (χ2n) is 3.91. The summed E-state index contributed by atoms with van der Waals surface area (Å²) in [6.07, 6.45) is 4.76. The molecular weight excluding hydrogens is 380 g/mol. The van der Waals surface area contributed by atoms with Crippen molar-refractivity contribution in [1.29, 1.82) is 0 Å². The third kappa shape index (κ3) is 3.21. The van der Waals surface area contributed by atoms with Crippen LogP contribution in [0.5, 0.6) is 0 Å². The second-order valence-corrected chi connectivity index (χ2v) is 7.66. The van der Waals surface area contributed by atoms with E-state index in [1.807, 2.05) is 10.9 Å². The lowest BCUT2D eigenvalue weighted by molar-refractivity contribution is 0.551. The first-order valence-electron chi connectivity index (χ1n) is 5.56. The van der Waals surface area contributed by atoms with Crippen molar-refractivity contribution in [2.24, 2.45) is 5.84 Å². The number of hydrogen-bond donors (Lipinski definition) is 2. The summed E-state index contributed by atoms with van der Waals surface area (Å²) in [5.74, 6) is 5.66. The van der Waals surface area contributed by atoms with Crippen molar-refractivity contribution in [1.82, 2.24) is 15.2 Å². The number of halogens is 2. The van der Waals surface area contributed by atoms with E-state index in [9.17, 15) is 0 Å². The van der Waals surface area contributed by atoms with E-state index in [4.69, 9.17) is 5.84 Å². The second kappa shape index (κ2) is 6.29. The minimum absolute atomic E-state index is 0.0800. The number of nitrogens with one attached hydrogen (secondary N) is 1. The van der Waals surface area contributed by atoms with Gasteiger partial charge in [-0.1, -0.05) is 0 Å². The van der Waals surface area contributed by atoms with Crippen molar-refractivity contribution in [3.63, 3.8) is 0 Å². The summed E-state index contributed by atoms with van der Waals surface area (Å²) in [5, 5.41) is 4.27. The maximum atomic E-state index is 5.66. The van der Waals surface area contributed by atoms with Gasteiger partial charge in [-0.05, 0) is 62.4 Å². The Kier molecular flexibility index (Phi) is 4.97. The van der Waals surface area contributed by atoms with E-state index in [0.717, 1.165) is 20.5 Å². The Hall–Kier alpha value is -0.210. The number of thiophene rings is 1. The minimum atomic E-state index is 0.0800. The predicted molar refractivity (Wildman–Crippen MR) is 81.4 cm³/mol. The van der Waals surface area contributed by atoms with Crippen LogP contribution >= 0.6 is 43.2 Å². The van der Waals surface area contributed by atoms with Crippen molar-refractivity contribution < 1.29 is 0 Å². The van der Waals surface area contributed by atoms with Gasteiger partial charge in [0.05, 0.1) is 19.8 Å². The van der Waals surface area contributed by atoms with E-state index >= 15 is 0 Å². The Labute approximate surface area is 127 Å². The van der Waals surface area contributed by atoms with Gasteiger partial charge in [0.1, 0.15) is 0 Å². The van der Waals surface area contributed by atoms with E-state index in [0.29, 0.717) is 0 Å². The van der Waals surface area contributed by atoms with E-state index in [2.05, 4.69) is 61.6 Å². The first-order valence-corrected chi connectivity index (χ1v) is 7.96. The maximum absolute atomic E-state index is 5.66. The Morgan fingerprint density at radius 1 is 1.56 bits per heavy atom. The van der Waals surface area contributed by atoms with Gasteiger partial charge >= 0.3 is 0 Å². The quantitative estimate of drug-likeness (QED) is 0.605. The highest BCUT2D eigenvalue weighted by atomic mass is 79.9. The van der Waals surface area contributed by atoms with Crippen LogP contribution in [0.25, 0.3) is 0 Å². The topological polar surface area (TPSA) is 55.9 Å². The minimum Gasteiger partial charge on any atom is -0.273 e. The number of rotatable bonds is 5. The van der Waals surface area contributed by atoms with Crippen LogP contribution in [0.4, 0.5) is 0 Å². The van der Waals surface area contributed by atoms with Crippen LogP contribution in [0.3, 0.4) is 0 Å². The molecule has 1 atom stereocenters. The molecule has 0 aliphatic carbocycles. The normalized spacial score (nSPS) is 12.9. The summed E-state index contributed by atoms with van der Waals surface area (Å²) in [5.41, 5.74) is 5.21. The van der Waals surface area contributed by atoms with E-state index in [1.54, 1.807) is 11.3 Å². The van der Waals surface area contributed by atoms with Gasteiger partial charge in [-0.15, -0.1) is 11.3 Å². The summed E-state index contributed by atoms with van der Waals surface area (Å²) in [7, 11) is 0. The fraction of sp³-hybridized carbons (Fsp3) is 0.364. The van der Waals surface area contributed by atoms with Crippen LogP contribution in [0.2, 0.25) is 0 Å². The molecule has 0 saturated carbocycles. The highest BCUT2D eigenvalue weighted by molar-refractivity contribution is 9.12. The lowest BCUT2D eigenvalue weighted by Gasteiger charge is -2.14. The first-order chi connectivity index (χ1) is 8.63. The van der Waals surface area contributed by atoms with Crippen LogP contribution in [0.1, 0.15) is 24.1 Å². The zero-order valence-corrected chi connectivity index (χ0v) is 13.8. The summed E-state index contributed by atoms with van der Waals surface area (Å²) < 4.78 is 4.11. The number of nitrogens with two attached hydrogens (primary N) is 1.